The Morgan fingerprint density at radius 3 is 2.30 bits per heavy atom. The fourth-order valence-electron chi connectivity index (χ4n) is 3.09. The van der Waals surface area contributed by atoms with Gasteiger partial charge in [-0.2, -0.15) is 0 Å². The lowest BCUT2D eigenvalue weighted by molar-refractivity contribution is 0.444. The summed E-state index contributed by atoms with van der Waals surface area (Å²) in [6, 6.07) is 14.0. The summed E-state index contributed by atoms with van der Waals surface area (Å²) in [5, 5.41) is 11.9. The molecule has 0 radical (unpaired) electrons. The number of aliphatic imine (C=N–C) groups is 1. The first kappa shape index (κ1) is 19.1. The first-order valence-corrected chi connectivity index (χ1v) is 9.33. The lowest BCUT2D eigenvalue weighted by Crippen LogP contribution is -2.17. The minimum absolute atomic E-state index is 0.0142. The quantitative estimate of drug-likeness (QED) is 0.546. The second kappa shape index (κ2) is 6.80. The van der Waals surface area contributed by atoms with Gasteiger partial charge in [0.15, 0.2) is 0 Å². The maximum Gasteiger partial charge on any atom is 0.128 e. The topological polar surface area (TPSA) is 45.5 Å². The number of nitrogens with zero attached hydrogens (tertiary/aromatic N) is 2. The Bertz CT molecular complexity index is 1000. The maximum atomic E-state index is 10.9. The molecule has 140 valence electrons. The summed E-state index contributed by atoms with van der Waals surface area (Å²) in [4.78, 5) is 9.07. The molecule has 0 bridgehead atoms. The molecule has 3 rings (SSSR count). The normalized spacial score (nSPS) is 12.8. The second-order valence-corrected chi connectivity index (χ2v) is 9.07. The fourth-order valence-corrected chi connectivity index (χ4v) is 3.09. The van der Waals surface area contributed by atoms with Crippen LogP contribution in [0.15, 0.2) is 53.7 Å². The van der Waals surface area contributed by atoms with Crippen LogP contribution in [-0.2, 0) is 10.8 Å². The number of hydrogen-bond donors (Lipinski definition) is 1. The molecule has 0 aliphatic rings. The highest BCUT2D eigenvalue weighted by Crippen LogP contribution is 2.37. The molecular weight excluding hydrogens is 332 g/mol. The Morgan fingerprint density at radius 1 is 0.926 bits per heavy atom. The molecule has 0 saturated heterocycles. The van der Waals surface area contributed by atoms with Crippen molar-refractivity contribution in [1.82, 2.24) is 4.98 Å². The maximum absolute atomic E-state index is 10.9. The van der Waals surface area contributed by atoms with Crippen LogP contribution in [0.25, 0.3) is 10.9 Å². The van der Waals surface area contributed by atoms with Crippen molar-refractivity contribution in [2.24, 2.45) is 4.99 Å². The zero-order chi connectivity index (χ0) is 19.8. The molecule has 3 aromatic rings. The molecule has 0 aliphatic heterocycles. The zero-order valence-electron chi connectivity index (χ0n) is 17.0. The first-order chi connectivity index (χ1) is 12.6. The Morgan fingerprint density at radius 2 is 1.63 bits per heavy atom. The molecule has 1 N–H and O–H groups in total. The summed E-state index contributed by atoms with van der Waals surface area (Å²) in [5.41, 5.74) is 4.46. The molecule has 3 nitrogen and oxygen atoms in total. The average molecular weight is 361 g/mol. The van der Waals surface area contributed by atoms with Crippen LogP contribution in [-0.4, -0.2) is 16.3 Å². The number of aromatic nitrogens is 1. The molecule has 0 fully saturated rings. The Hall–Kier alpha value is -2.68. The molecular formula is C24H28N2O. The van der Waals surface area contributed by atoms with Crippen molar-refractivity contribution < 1.29 is 5.11 Å². The van der Waals surface area contributed by atoms with Crippen LogP contribution in [0, 0.1) is 0 Å². The van der Waals surface area contributed by atoms with Crippen molar-refractivity contribution in [1.29, 1.82) is 0 Å². The van der Waals surface area contributed by atoms with Gasteiger partial charge in [-0.15, -0.1) is 0 Å². The third-order valence-corrected chi connectivity index (χ3v) is 4.78. The number of benzene rings is 2. The summed E-state index contributed by atoms with van der Waals surface area (Å²) in [6.07, 6.45) is 3.53. The third-order valence-electron chi connectivity index (χ3n) is 4.78. The lowest BCUT2D eigenvalue weighted by atomic mass is 9.79. The SMILES string of the molecule is CC(C)(C)c1cc(/C=N/c2ccnc3ccccc23)c(O)c(C(C)(C)C)c1. The molecule has 1 aromatic heterocycles. The number of aromatic hydroxyl groups is 1. The van der Waals surface area contributed by atoms with Gasteiger partial charge < -0.3 is 5.11 Å². The molecule has 3 heteroatoms. The Kier molecular flexibility index (Phi) is 4.81. The van der Waals surface area contributed by atoms with Gasteiger partial charge in [0.2, 0.25) is 0 Å². The highest BCUT2D eigenvalue weighted by Gasteiger charge is 2.24. The summed E-state index contributed by atoms with van der Waals surface area (Å²) in [5.74, 6) is 0.303. The number of para-hydroxylation sites is 1. The smallest absolute Gasteiger partial charge is 0.128 e. The summed E-state index contributed by atoms with van der Waals surface area (Å²) in [7, 11) is 0. The van der Waals surface area contributed by atoms with Gasteiger partial charge in [-0.25, -0.2) is 0 Å². The second-order valence-electron chi connectivity index (χ2n) is 9.07. The molecule has 0 saturated carbocycles. The minimum Gasteiger partial charge on any atom is -0.507 e. The number of phenols is 1. The number of rotatable bonds is 2. The largest absolute Gasteiger partial charge is 0.507 e. The van der Waals surface area contributed by atoms with Gasteiger partial charge in [-0.1, -0.05) is 65.8 Å². The molecule has 0 amide bonds. The van der Waals surface area contributed by atoms with E-state index in [4.69, 9.17) is 0 Å². The van der Waals surface area contributed by atoms with E-state index in [1.807, 2.05) is 36.4 Å². The highest BCUT2D eigenvalue weighted by molar-refractivity contribution is 5.94. The van der Waals surface area contributed by atoms with Gasteiger partial charge in [0.25, 0.3) is 0 Å². The van der Waals surface area contributed by atoms with Crippen molar-refractivity contribution in [3.8, 4) is 5.75 Å². The standard InChI is InChI=1S/C24H28N2O/c1-23(2,3)17-13-16(22(27)19(14-17)24(4,5)6)15-26-21-11-12-25-20-10-8-7-9-18(20)21/h7-15,27H,1-6H3/b26-15+. The van der Waals surface area contributed by atoms with Gasteiger partial charge in [0, 0.05) is 28.9 Å². The molecule has 0 unspecified atom stereocenters. The van der Waals surface area contributed by atoms with E-state index in [-0.39, 0.29) is 10.8 Å². The summed E-state index contributed by atoms with van der Waals surface area (Å²) in [6.45, 7) is 12.9. The van der Waals surface area contributed by atoms with Gasteiger partial charge in [0.1, 0.15) is 5.75 Å². The van der Waals surface area contributed by atoms with Crippen LogP contribution in [0.1, 0.15) is 58.2 Å². The van der Waals surface area contributed by atoms with Crippen molar-refractivity contribution >= 4 is 22.8 Å². The van der Waals surface area contributed by atoms with Gasteiger partial charge in [0.05, 0.1) is 11.2 Å². The Labute approximate surface area is 161 Å². The monoisotopic (exact) mass is 360 g/mol. The van der Waals surface area contributed by atoms with E-state index in [2.05, 4.69) is 57.6 Å². The van der Waals surface area contributed by atoms with Crippen molar-refractivity contribution in [2.75, 3.05) is 0 Å². The third kappa shape index (κ3) is 4.02. The molecule has 2 aromatic carbocycles. The van der Waals surface area contributed by atoms with Crippen LogP contribution in [0.4, 0.5) is 5.69 Å². The summed E-state index contributed by atoms with van der Waals surface area (Å²) >= 11 is 0. The van der Waals surface area contributed by atoms with Crippen LogP contribution < -0.4 is 0 Å². The number of fused-ring (bicyclic) bond motifs is 1. The van der Waals surface area contributed by atoms with Gasteiger partial charge in [-0.05, 0) is 34.6 Å². The van der Waals surface area contributed by atoms with Crippen LogP contribution >= 0.6 is 0 Å². The predicted molar refractivity (Wildman–Crippen MR) is 115 cm³/mol. The van der Waals surface area contributed by atoms with E-state index in [1.165, 1.54) is 5.56 Å². The molecule has 0 spiro atoms. The summed E-state index contributed by atoms with van der Waals surface area (Å²) < 4.78 is 0. The molecule has 1 heterocycles. The van der Waals surface area contributed by atoms with E-state index in [0.717, 1.165) is 27.7 Å². The predicted octanol–water partition coefficient (Wildman–Crippen LogP) is 6.29. The molecule has 0 atom stereocenters. The zero-order valence-corrected chi connectivity index (χ0v) is 17.0. The van der Waals surface area contributed by atoms with Crippen LogP contribution in [0.5, 0.6) is 5.75 Å². The Balaban J connectivity index is 2.14. The highest BCUT2D eigenvalue weighted by atomic mass is 16.3. The van der Waals surface area contributed by atoms with E-state index >= 15 is 0 Å². The molecule has 27 heavy (non-hydrogen) atoms. The van der Waals surface area contributed by atoms with Crippen LogP contribution in [0.2, 0.25) is 0 Å². The van der Waals surface area contributed by atoms with Gasteiger partial charge >= 0.3 is 0 Å². The van der Waals surface area contributed by atoms with Crippen LogP contribution in [0.3, 0.4) is 0 Å². The number of phenolic OH excluding ortho intramolecular Hbond substituents is 1. The van der Waals surface area contributed by atoms with Crippen molar-refractivity contribution in [3.05, 3.63) is 65.4 Å². The fraction of sp³-hybridized carbons (Fsp3) is 0.333. The van der Waals surface area contributed by atoms with Gasteiger partial charge in [-0.3, -0.25) is 9.98 Å². The number of pyridine rings is 1. The minimum atomic E-state index is -0.155. The molecule has 0 aliphatic carbocycles. The van der Waals surface area contributed by atoms with Crippen molar-refractivity contribution in [3.63, 3.8) is 0 Å². The number of hydrogen-bond acceptors (Lipinski definition) is 3. The van der Waals surface area contributed by atoms with Crippen molar-refractivity contribution in [2.45, 2.75) is 52.4 Å². The van der Waals surface area contributed by atoms with E-state index in [9.17, 15) is 5.11 Å². The average Bonchev–Trinajstić information content (AvgIpc) is 2.58. The van der Waals surface area contributed by atoms with E-state index < -0.39 is 0 Å². The lowest BCUT2D eigenvalue weighted by Gasteiger charge is -2.27. The van der Waals surface area contributed by atoms with E-state index in [0.29, 0.717) is 5.75 Å². The van der Waals surface area contributed by atoms with E-state index in [1.54, 1.807) is 12.4 Å². The first-order valence-electron chi connectivity index (χ1n) is 9.33.